The molecule has 0 bridgehead atoms. The van der Waals surface area contributed by atoms with Gasteiger partial charge in [0.25, 0.3) is 5.56 Å². The number of carbonyl (C=O) groups excluding carboxylic acids is 1. The smallest absolute Gasteiger partial charge is 0.330 e. The van der Waals surface area contributed by atoms with Crippen molar-refractivity contribution in [2.24, 2.45) is 14.1 Å². The highest BCUT2D eigenvalue weighted by Crippen LogP contribution is 2.22. The molecule has 1 fully saturated rings. The first kappa shape index (κ1) is 24.9. The summed E-state index contributed by atoms with van der Waals surface area (Å²) >= 11 is 0. The van der Waals surface area contributed by atoms with Crippen LogP contribution in [0.4, 0.5) is 0 Å². The lowest BCUT2D eigenvalue weighted by Crippen LogP contribution is -2.44. The lowest BCUT2D eigenvalue weighted by Gasteiger charge is -2.23. The van der Waals surface area contributed by atoms with Gasteiger partial charge in [0.05, 0.1) is 15.8 Å². The molecule has 0 spiro atoms. The summed E-state index contributed by atoms with van der Waals surface area (Å²) in [7, 11) is -1.34. The molecule has 4 rings (SSSR count). The van der Waals surface area contributed by atoms with Crippen molar-refractivity contribution in [3.8, 4) is 0 Å². The third kappa shape index (κ3) is 5.23. The van der Waals surface area contributed by atoms with Crippen molar-refractivity contribution in [2.75, 3.05) is 0 Å². The largest absolute Gasteiger partial charge is 0.352 e. The Labute approximate surface area is 203 Å². The number of carbonyl (C=O) groups is 1. The van der Waals surface area contributed by atoms with Crippen LogP contribution in [0.25, 0.3) is 10.9 Å². The molecule has 0 aliphatic heterocycles. The van der Waals surface area contributed by atoms with Gasteiger partial charge in [-0.2, -0.15) is 4.72 Å². The second-order valence-electron chi connectivity index (χ2n) is 9.05. The standard InChI is InChI=1S/C25H30N4O5S/c1-28-21-15-14-19(16-20(21)24(31)29(2)25(28)32)35(33,34)27-22(17-10-6-5-7-11-17)23(30)26-18-12-8-3-4-9-13-18/h5-7,10-11,14-16,18,22,27H,3-4,8-9,12-13H2,1-2H3,(H,26,30)/t22-/m1/s1. The molecule has 186 valence electrons. The minimum atomic E-state index is -4.19. The van der Waals surface area contributed by atoms with Gasteiger partial charge in [0.15, 0.2) is 0 Å². The summed E-state index contributed by atoms with van der Waals surface area (Å²) in [4.78, 5) is 38.0. The van der Waals surface area contributed by atoms with E-state index in [1.54, 1.807) is 30.3 Å². The zero-order valence-electron chi connectivity index (χ0n) is 19.9. The summed E-state index contributed by atoms with van der Waals surface area (Å²) in [5.74, 6) is -0.411. The van der Waals surface area contributed by atoms with Gasteiger partial charge in [-0.15, -0.1) is 0 Å². The van der Waals surface area contributed by atoms with E-state index in [2.05, 4.69) is 10.0 Å². The Hall–Kier alpha value is -3.24. The molecule has 3 aromatic rings. The number of aryl methyl sites for hydroxylation is 1. The average molecular weight is 499 g/mol. The zero-order chi connectivity index (χ0) is 25.2. The normalized spacial score (nSPS) is 16.1. The number of hydrogen-bond acceptors (Lipinski definition) is 5. The molecule has 10 heteroatoms. The van der Waals surface area contributed by atoms with Gasteiger partial charge in [-0.3, -0.25) is 18.7 Å². The Bertz CT molecular complexity index is 1450. The van der Waals surface area contributed by atoms with Crippen LogP contribution in [0.5, 0.6) is 0 Å². The molecule has 2 aromatic carbocycles. The van der Waals surface area contributed by atoms with E-state index < -0.39 is 33.2 Å². The average Bonchev–Trinajstić information content (AvgIpc) is 3.13. The van der Waals surface area contributed by atoms with Gasteiger partial charge in [0.2, 0.25) is 15.9 Å². The Morgan fingerprint density at radius 1 is 0.943 bits per heavy atom. The molecule has 1 aliphatic rings. The summed E-state index contributed by atoms with van der Waals surface area (Å²) in [6.07, 6.45) is 6.06. The number of aromatic nitrogens is 2. The molecule has 0 radical (unpaired) electrons. The molecule has 35 heavy (non-hydrogen) atoms. The number of sulfonamides is 1. The molecule has 9 nitrogen and oxygen atoms in total. The summed E-state index contributed by atoms with van der Waals surface area (Å²) in [6, 6.07) is 11.5. The second-order valence-corrected chi connectivity index (χ2v) is 10.8. The number of rotatable bonds is 6. The molecular weight excluding hydrogens is 468 g/mol. The van der Waals surface area contributed by atoms with Crippen LogP contribution in [0.3, 0.4) is 0 Å². The maximum absolute atomic E-state index is 13.4. The van der Waals surface area contributed by atoms with Crippen molar-refractivity contribution in [3.63, 3.8) is 0 Å². The SMILES string of the molecule is Cn1c(=O)c2cc(S(=O)(=O)N[C@@H](C(=O)NC3CCCCCC3)c3ccccc3)ccc2n(C)c1=O. The van der Waals surface area contributed by atoms with Crippen LogP contribution in [0, 0.1) is 0 Å². The number of amides is 1. The van der Waals surface area contributed by atoms with Gasteiger partial charge >= 0.3 is 5.69 Å². The van der Waals surface area contributed by atoms with Gasteiger partial charge in [0, 0.05) is 20.1 Å². The van der Waals surface area contributed by atoms with Gasteiger partial charge in [-0.1, -0.05) is 56.0 Å². The van der Waals surface area contributed by atoms with Gasteiger partial charge in [0.1, 0.15) is 6.04 Å². The summed E-state index contributed by atoms with van der Waals surface area (Å²) in [5, 5.41) is 3.13. The highest BCUT2D eigenvalue weighted by atomic mass is 32.2. The zero-order valence-corrected chi connectivity index (χ0v) is 20.7. The monoisotopic (exact) mass is 498 g/mol. The van der Waals surface area contributed by atoms with Gasteiger partial charge < -0.3 is 5.32 Å². The van der Waals surface area contributed by atoms with Crippen LogP contribution in [0.2, 0.25) is 0 Å². The Morgan fingerprint density at radius 2 is 1.60 bits per heavy atom. The predicted octanol–water partition coefficient (Wildman–Crippen LogP) is 2.10. The molecule has 0 unspecified atom stereocenters. The minimum Gasteiger partial charge on any atom is -0.352 e. The van der Waals surface area contributed by atoms with E-state index in [0.29, 0.717) is 11.1 Å². The van der Waals surface area contributed by atoms with Crippen LogP contribution < -0.4 is 21.3 Å². The molecule has 0 saturated heterocycles. The summed E-state index contributed by atoms with van der Waals surface area (Å²) in [5.41, 5.74) is -0.259. The van der Waals surface area contributed by atoms with E-state index in [1.807, 2.05) is 0 Å². The van der Waals surface area contributed by atoms with Crippen LogP contribution in [-0.2, 0) is 28.9 Å². The number of nitrogens with one attached hydrogen (secondary N) is 2. The molecule has 1 saturated carbocycles. The van der Waals surface area contributed by atoms with E-state index >= 15 is 0 Å². The highest BCUT2D eigenvalue weighted by molar-refractivity contribution is 7.89. The van der Waals surface area contributed by atoms with Crippen molar-refractivity contribution in [2.45, 2.75) is 55.5 Å². The molecule has 1 aromatic heterocycles. The molecular formula is C25H30N4O5S. The van der Waals surface area contributed by atoms with Crippen LogP contribution in [-0.4, -0.2) is 29.5 Å². The fraction of sp³-hybridized carbons (Fsp3) is 0.400. The van der Waals surface area contributed by atoms with Crippen molar-refractivity contribution < 1.29 is 13.2 Å². The second kappa shape index (κ2) is 10.2. The third-order valence-electron chi connectivity index (χ3n) is 6.62. The Balaban J connectivity index is 1.69. The van der Waals surface area contributed by atoms with E-state index in [0.717, 1.165) is 43.1 Å². The number of fused-ring (bicyclic) bond motifs is 1. The van der Waals surface area contributed by atoms with Crippen molar-refractivity contribution in [1.82, 2.24) is 19.2 Å². The van der Waals surface area contributed by atoms with Gasteiger partial charge in [-0.25, -0.2) is 13.2 Å². The van der Waals surface area contributed by atoms with E-state index in [4.69, 9.17) is 0 Å². The maximum atomic E-state index is 13.4. The number of benzene rings is 2. The number of hydrogen-bond donors (Lipinski definition) is 2. The maximum Gasteiger partial charge on any atom is 0.330 e. The molecule has 1 heterocycles. The van der Waals surface area contributed by atoms with Crippen LogP contribution in [0.1, 0.15) is 50.1 Å². The van der Waals surface area contributed by atoms with Crippen molar-refractivity contribution in [3.05, 3.63) is 74.9 Å². The lowest BCUT2D eigenvalue weighted by atomic mass is 10.0. The first-order valence-electron chi connectivity index (χ1n) is 11.8. The molecule has 1 amide bonds. The Kier molecular flexibility index (Phi) is 7.23. The van der Waals surface area contributed by atoms with Gasteiger partial charge in [-0.05, 0) is 36.6 Å². The predicted molar refractivity (Wildman–Crippen MR) is 134 cm³/mol. The fourth-order valence-electron chi connectivity index (χ4n) is 4.59. The molecule has 1 aliphatic carbocycles. The quantitative estimate of drug-likeness (QED) is 0.505. The molecule has 1 atom stereocenters. The molecule has 2 N–H and O–H groups in total. The summed E-state index contributed by atoms with van der Waals surface area (Å²) < 4.78 is 31.5. The first-order valence-corrected chi connectivity index (χ1v) is 13.2. The summed E-state index contributed by atoms with van der Waals surface area (Å²) in [6.45, 7) is 0. The van der Waals surface area contributed by atoms with E-state index in [-0.39, 0.29) is 16.3 Å². The number of nitrogens with zero attached hydrogens (tertiary/aromatic N) is 2. The Morgan fingerprint density at radius 3 is 2.26 bits per heavy atom. The van der Waals surface area contributed by atoms with E-state index in [9.17, 15) is 22.8 Å². The van der Waals surface area contributed by atoms with Crippen molar-refractivity contribution >= 4 is 26.8 Å². The van der Waals surface area contributed by atoms with Crippen molar-refractivity contribution in [1.29, 1.82) is 0 Å². The first-order chi connectivity index (χ1) is 16.7. The topological polar surface area (TPSA) is 119 Å². The fourth-order valence-corrected chi connectivity index (χ4v) is 5.80. The van der Waals surface area contributed by atoms with E-state index in [1.165, 1.54) is 36.9 Å². The lowest BCUT2D eigenvalue weighted by molar-refractivity contribution is -0.123. The highest BCUT2D eigenvalue weighted by Gasteiger charge is 2.29. The van der Waals surface area contributed by atoms with Crippen LogP contribution in [0.15, 0.2) is 63.0 Å². The third-order valence-corrected chi connectivity index (χ3v) is 8.04. The van der Waals surface area contributed by atoms with Crippen LogP contribution >= 0.6 is 0 Å². The minimum absolute atomic E-state index is 0.00527.